The summed E-state index contributed by atoms with van der Waals surface area (Å²) >= 11 is 6.92. The average Bonchev–Trinajstić information content (AvgIpc) is 2.93. The number of nitrogens with zero attached hydrogens (tertiary/aromatic N) is 4. The van der Waals surface area contributed by atoms with E-state index in [0.717, 1.165) is 38.7 Å². The third-order valence-corrected chi connectivity index (χ3v) is 6.93. The topological polar surface area (TPSA) is 186 Å². The summed E-state index contributed by atoms with van der Waals surface area (Å²) in [5.41, 5.74) is 5.44. The van der Waals surface area contributed by atoms with Crippen LogP contribution < -0.4 is 5.32 Å². The predicted molar refractivity (Wildman–Crippen MR) is 140 cm³/mol. The Labute approximate surface area is 251 Å². The van der Waals surface area contributed by atoms with Crippen molar-refractivity contribution in [3.8, 4) is 6.07 Å². The summed E-state index contributed by atoms with van der Waals surface area (Å²) in [4.78, 5) is 35.9. The maximum Gasteiger partial charge on any atom is 0.303 e. The van der Waals surface area contributed by atoms with Gasteiger partial charge in [0, 0.05) is 32.5 Å². The van der Waals surface area contributed by atoms with Gasteiger partial charge in [-0.05, 0) is 18.2 Å². The lowest BCUT2D eigenvalue weighted by Crippen LogP contribution is -2.64. The standard InChI is InChI=1S/C25H22ClF3N6O7S/c1-10(36)39-9-19-23(40-11(2)37)22(32-8-18(33-31)13-4-15(27)21(29)16(28)5-13)24(41-12(3)38)25(42-19)43-20-6-14(26)17(7-30)34-35-20/h4-6,8,19,22-25,31-32H,9H2,1-3H3/b18-8-,33-31?/t19?,22?,23-,24?,25+/m0/s1. The molecule has 3 rings (SSSR count). The van der Waals surface area contributed by atoms with E-state index >= 15 is 0 Å². The van der Waals surface area contributed by atoms with Gasteiger partial charge in [-0.15, -0.1) is 10.2 Å². The van der Waals surface area contributed by atoms with Crippen LogP contribution in [0.4, 0.5) is 13.2 Å². The van der Waals surface area contributed by atoms with Gasteiger partial charge in [0.25, 0.3) is 0 Å². The van der Waals surface area contributed by atoms with Gasteiger partial charge in [0.05, 0.1) is 5.02 Å². The lowest BCUT2D eigenvalue weighted by Gasteiger charge is -2.45. The Balaban J connectivity index is 2.10. The van der Waals surface area contributed by atoms with Crippen molar-refractivity contribution < 1.29 is 46.5 Å². The number of aromatic nitrogens is 2. The number of esters is 3. The van der Waals surface area contributed by atoms with Gasteiger partial charge in [-0.3, -0.25) is 14.4 Å². The molecule has 5 atom stereocenters. The highest BCUT2D eigenvalue weighted by molar-refractivity contribution is 7.99. The number of rotatable bonds is 10. The van der Waals surface area contributed by atoms with Gasteiger partial charge in [0.2, 0.25) is 0 Å². The number of thioether (sulfide) groups is 1. The van der Waals surface area contributed by atoms with Crippen LogP contribution in [-0.2, 0) is 33.3 Å². The Morgan fingerprint density at radius 2 is 1.74 bits per heavy atom. The van der Waals surface area contributed by atoms with Crippen LogP contribution in [0.25, 0.3) is 5.70 Å². The maximum absolute atomic E-state index is 13.9. The van der Waals surface area contributed by atoms with Crippen LogP contribution in [0.5, 0.6) is 0 Å². The molecule has 1 aromatic heterocycles. The molecule has 2 N–H and O–H groups in total. The lowest BCUT2D eigenvalue weighted by atomic mass is 9.96. The zero-order valence-corrected chi connectivity index (χ0v) is 24.0. The minimum Gasteiger partial charge on any atom is -0.463 e. The fraction of sp³-hybridized carbons (Fsp3) is 0.360. The fourth-order valence-electron chi connectivity index (χ4n) is 3.86. The first-order chi connectivity index (χ1) is 20.3. The quantitative estimate of drug-likeness (QED) is 0.166. The molecule has 3 unspecified atom stereocenters. The van der Waals surface area contributed by atoms with E-state index in [-0.39, 0.29) is 21.3 Å². The lowest BCUT2D eigenvalue weighted by molar-refractivity contribution is -0.203. The summed E-state index contributed by atoms with van der Waals surface area (Å²) in [6.45, 7) is 2.87. The molecular weight excluding hydrogens is 621 g/mol. The van der Waals surface area contributed by atoms with Crippen molar-refractivity contribution >= 4 is 47.0 Å². The van der Waals surface area contributed by atoms with Crippen LogP contribution in [0.3, 0.4) is 0 Å². The summed E-state index contributed by atoms with van der Waals surface area (Å²) in [6.07, 6.45) is -2.85. The van der Waals surface area contributed by atoms with Crippen LogP contribution in [0.15, 0.2) is 34.5 Å². The monoisotopic (exact) mass is 642 g/mol. The number of hydrogen-bond acceptors (Lipinski definition) is 14. The Morgan fingerprint density at radius 3 is 2.28 bits per heavy atom. The molecule has 1 aromatic carbocycles. The Morgan fingerprint density at radius 1 is 1.12 bits per heavy atom. The molecule has 0 saturated carbocycles. The number of nitrogens with one attached hydrogen (secondary N) is 2. The summed E-state index contributed by atoms with van der Waals surface area (Å²) in [7, 11) is 0. The van der Waals surface area contributed by atoms with Crippen molar-refractivity contribution in [2.45, 2.75) is 55.6 Å². The molecule has 0 spiro atoms. The molecule has 228 valence electrons. The molecule has 0 amide bonds. The fourth-order valence-corrected chi connectivity index (χ4v) is 5.18. The van der Waals surface area contributed by atoms with Gasteiger partial charge in [-0.25, -0.2) is 18.7 Å². The highest BCUT2D eigenvalue weighted by atomic mass is 35.5. The third-order valence-electron chi connectivity index (χ3n) is 5.59. The zero-order valence-electron chi connectivity index (χ0n) is 22.5. The first-order valence-electron chi connectivity index (χ1n) is 12.1. The summed E-state index contributed by atoms with van der Waals surface area (Å²) in [6, 6.07) is 3.04. The first-order valence-corrected chi connectivity index (χ1v) is 13.3. The number of ether oxygens (including phenoxy) is 4. The van der Waals surface area contributed by atoms with Crippen molar-refractivity contribution in [3.63, 3.8) is 0 Å². The summed E-state index contributed by atoms with van der Waals surface area (Å²) < 4.78 is 63.4. The molecule has 0 bridgehead atoms. The van der Waals surface area contributed by atoms with Gasteiger partial charge < -0.3 is 24.3 Å². The Kier molecular flexibility index (Phi) is 11.4. The van der Waals surface area contributed by atoms with Crippen molar-refractivity contribution in [2.24, 2.45) is 5.11 Å². The van der Waals surface area contributed by atoms with E-state index in [9.17, 15) is 27.6 Å². The van der Waals surface area contributed by atoms with Gasteiger partial charge in [-0.1, -0.05) is 23.4 Å². The van der Waals surface area contributed by atoms with Gasteiger partial charge >= 0.3 is 17.9 Å². The molecule has 1 aliphatic rings. The number of hydrogen-bond donors (Lipinski definition) is 2. The Bertz CT molecular complexity index is 1470. The third kappa shape index (κ3) is 8.63. The first kappa shape index (κ1) is 33.2. The van der Waals surface area contributed by atoms with E-state index in [2.05, 4.69) is 20.6 Å². The molecule has 1 fully saturated rings. The SMILES string of the molecule is CC(=O)OCC1O[C@H](Sc2cc(Cl)c(C#N)nn2)C(OC(C)=O)C(N/C=C(\N=N)c2cc(F)c(F)c(F)c2)[C@H]1OC(C)=O. The molecule has 0 radical (unpaired) electrons. The van der Waals surface area contributed by atoms with Gasteiger partial charge in [-0.2, -0.15) is 10.4 Å². The van der Waals surface area contributed by atoms with Crippen molar-refractivity contribution in [3.05, 3.63) is 58.1 Å². The van der Waals surface area contributed by atoms with Gasteiger partial charge in [0.1, 0.15) is 41.0 Å². The molecular formula is C25H22ClF3N6O7S. The summed E-state index contributed by atoms with van der Waals surface area (Å²) in [5, 5.41) is 22.8. The zero-order chi connectivity index (χ0) is 31.8. The van der Waals surface area contributed by atoms with Crippen molar-refractivity contribution in [1.82, 2.24) is 15.5 Å². The average molecular weight is 643 g/mol. The van der Waals surface area contributed by atoms with E-state index in [0.29, 0.717) is 12.1 Å². The van der Waals surface area contributed by atoms with Crippen LogP contribution in [0, 0.1) is 34.3 Å². The number of carbonyl (C=O) groups is 3. The van der Waals surface area contributed by atoms with Crippen molar-refractivity contribution in [2.75, 3.05) is 6.61 Å². The van der Waals surface area contributed by atoms with Crippen LogP contribution >= 0.6 is 23.4 Å². The second kappa shape index (κ2) is 14.8. The predicted octanol–water partition coefficient (Wildman–Crippen LogP) is 3.65. The number of halogens is 4. The molecule has 43 heavy (non-hydrogen) atoms. The minimum absolute atomic E-state index is 0.0350. The van der Waals surface area contributed by atoms with Crippen LogP contribution in [-0.4, -0.2) is 64.5 Å². The molecule has 18 heteroatoms. The highest BCUT2D eigenvalue weighted by Crippen LogP contribution is 2.36. The smallest absolute Gasteiger partial charge is 0.303 e. The largest absolute Gasteiger partial charge is 0.463 e. The van der Waals surface area contributed by atoms with Crippen molar-refractivity contribution in [1.29, 1.82) is 10.8 Å². The van der Waals surface area contributed by atoms with E-state index in [1.165, 1.54) is 6.07 Å². The number of benzene rings is 1. The Hall–Kier alpha value is -4.27. The van der Waals surface area contributed by atoms with E-state index < -0.39 is 77.5 Å². The molecule has 2 aromatic rings. The number of carbonyl (C=O) groups excluding carboxylic acids is 3. The van der Waals surface area contributed by atoms with E-state index in [1.807, 2.05) is 0 Å². The van der Waals surface area contributed by atoms with E-state index in [4.69, 9.17) is 41.3 Å². The summed E-state index contributed by atoms with van der Waals surface area (Å²) in [5.74, 6) is -7.09. The normalized spacial score (nSPS) is 21.7. The molecule has 0 aliphatic carbocycles. The molecule has 13 nitrogen and oxygen atoms in total. The highest BCUT2D eigenvalue weighted by Gasteiger charge is 2.50. The van der Waals surface area contributed by atoms with Gasteiger partial charge in [0.15, 0.2) is 35.4 Å². The number of nitriles is 1. The van der Waals surface area contributed by atoms with Crippen LogP contribution in [0.1, 0.15) is 32.0 Å². The van der Waals surface area contributed by atoms with Crippen LogP contribution in [0.2, 0.25) is 5.02 Å². The maximum atomic E-state index is 13.9. The minimum atomic E-state index is -1.73. The molecule has 2 heterocycles. The molecule has 1 saturated heterocycles. The second-order valence-electron chi connectivity index (χ2n) is 8.69. The molecule has 1 aliphatic heterocycles. The second-order valence-corrected chi connectivity index (χ2v) is 10.2. The van der Waals surface area contributed by atoms with E-state index in [1.54, 1.807) is 6.07 Å².